The summed E-state index contributed by atoms with van der Waals surface area (Å²) in [6.45, 7) is -5.76. The van der Waals surface area contributed by atoms with E-state index in [1.165, 1.54) is 0 Å². The molecule has 0 rings (SSSR count). The van der Waals surface area contributed by atoms with Gasteiger partial charge in [0.2, 0.25) is 6.30 Å². The third-order valence-corrected chi connectivity index (χ3v) is 2.37. The average molecular weight is 429 g/mol. The quantitative estimate of drug-likeness (QED) is 0.426. The first-order valence-electron chi connectivity index (χ1n) is 5.75. The van der Waals surface area contributed by atoms with Crippen LogP contribution in [0, 0.1) is 0 Å². The van der Waals surface area contributed by atoms with Crippen molar-refractivity contribution in [3.63, 3.8) is 0 Å². The molecule has 0 spiro atoms. The first-order chi connectivity index (χ1) is 11.1. The molecule has 26 heavy (non-hydrogen) atoms. The van der Waals surface area contributed by atoms with Gasteiger partial charge in [-0.2, -0.15) is 48.3 Å². The van der Waals surface area contributed by atoms with Gasteiger partial charge in [-0.05, 0) is 0 Å². The topological polar surface area (TPSA) is 12.5 Å². The maximum Gasteiger partial charge on any atom is 0.469 e. The first-order valence-corrected chi connectivity index (χ1v) is 5.75. The molecular formula is C9H6F15NO. The predicted molar refractivity (Wildman–Crippen MR) is 50.5 cm³/mol. The molecule has 0 saturated carbocycles. The molecule has 0 aliphatic heterocycles. The highest BCUT2D eigenvalue weighted by atomic mass is 19.4. The summed E-state index contributed by atoms with van der Waals surface area (Å²) in [5.41, 5.74) is 0. The molecule has 0 amide bonds. The summed E-state index contributed by atoms with van der Waals surface area (Å²) >= 11 is 0. The van der Waals surface area contributed by atoms with Crippen LogP contribution in [-0.2, 0) is 4.74 Å². The molecule has 0 aliphatic rings. The van der Waals surface area contributed by atoms with Gasteiger partial charge in [0.25, 0.3) is 6.17 Å². The molecule has 2 nitrogen and oxygen atoms in total. The van der Waals surface area contributed by atoms with Gasteiger partial charge in [-0.25, -0.2) is 17.6 Å². The van der Waals surface area contributed by atoms with E-state index in [-0.39, 0.29) is 0 Å². The van der Waals surface area contributed by atoms with Crippen molar-refractivity contribution in [3.05, 3.63) is 0 Å². The van der Waals surface area contributed by atoms with Crippen LogP contribution in [0.2, 0.25) is 0 Å². The van der Waals surface area contributed by atoms with E-state index in [4.69, 9.17) is 0 Å². The van der Waals surface area contributed by atoms with Crippen LogP contribution in [0.25, 0.3) is 0 Å². The van der Waals surface area contributed by atoms with Crippen molar-refractivity contribution in [1.82, 2.24) is 4.90 Å². The third kappa shape index (κ3) is 6.55. The van der Waals surface area contributed by atoms with Crippen LogP contribution >= 0.6 is 0 Å². The zero-order valence-electron chi connectivity index (χ0n) is 11.6. The van der Waals surface area contributed by atoms with E-state index in [1.807, 2.05) is 0 Å². The number of rotatable bonds is 7. The highest BCUT2D eigenvalue weighted by molar-refractivity contribution is 4.84. The second-order valence-corrected chi connectivity index (χ2v) is 4.56. The van der Waals surface area contributed by atoms with Gasteiger partial charge in [-0.1, -0.05) is 4.90 Å². The second kappa shape index (κ2) is 7.47. The fourth-order valence-corrected chi connectivity index (χ4v) is 1.29. The Kier molecular flexibility index (Phi) is 7.15. The van der Waals surface area contributed by atoms with Gasteiger partial charge in [0.05, 0.1) is 0 Å². The van der Waals surface area contributed by atoms with Crippen molar-refractivity contribution in [3.8, 4) is 0 Å². The highest BCUT2D eigenvalue weighted by Crippen LogP contribution is 2.41. The summed E-state index contributed by atoms with van der Waals surface area (Å²) in [5, 5.41) is 0. The Bertz CT molecular complexity index is 438. The molecule has 158 valence electrons. The summed E-state index contributed by atoms with van der Waals surface area (Å²) in [5.74, 6) is -11.3. The van der Waals surface area contributed by atoms with Crippen LogP contribution in [0.5, 0.6) is 0 Å². The van der Waals surface area contributed by atoms with Gasteiger partial charge >= 0.3 is 30.6 Å². The van der Waals surface area contributed by atoms with E-state index in [1.54, 1.807) is 0 Å². The van der Waals surface area contributed by atoms with Crippen LogP contribution < -0.4 is 0 Å². The van der Waals surface area contributed by atoms with Gasteiger partial charge in [0.1, 0.15) is 13.2 Å². The maximum atomic E-state index is 13.0. The Morgan fingerprint density at radius 1 is 0.615 bits per heavy atom. The summed E-state index contributed by atoms with van der Waals surface area (Å²) in [4.78, 5) is -3.21. The molecule has 2 unspecified atom stereocenters. The van der Waals surface area contributed by atoms with E-state index < -0.39 is 61.2 Å². The molecule has 0 saturated heterocycles. The minimum atomic E-state index is -6.72. The van der Waals surface area contributed by atoms with Crippen molar-refractivity contribution < 1.29 is 70.6 Å². The number of nitrogens with zero attached hydrogens (tertiary/aromatic N) is 1. The minimum absolute atomic E-state index is 2.83. The number of halogens is 15. The summed E-state index contributed by atoms with van der Waals surface area (Å²) in [6.07, 6.45) is -29.8. The summed E-state index contributed by atoms with van der Waals surface area (Å²) in [6, 6.07) is 0. The van der Waals surface area contributed by atoms with Crippen molar-refractivity contribution in [2.24, 2.45) is 0 Å². The van der Waals surface area contributed by atoms with Crippen LogP contribution in [-0.4, -0.2) is 61.2 Å². The Morgan fingerprint density at radius 3 is 1.27 bits per heavy atom. The van der Waals surface area contributed by atoms with Crippen LogP contribution in [0.1, 0.15) is 0 Å². The van der Waals surface area contributed by atoms with Crippen molar-refractivity contribution in [2.45, 2.75) is 43.1 Å². The monoisotopic (exact) mass is 429 g/mol. The summed E-state index contributed by atoms with van der Waals surface area (Å²) < 4.78 is 187. The van der Waals surface area contributed by atoms with Crippen LogP contribution in [0.15, 0.2) is 0 Å². The predicted octanol–water partition coefficient (Wildman–Crippen LogP) is 4.81. The van der Waals surface area contributed by atoms with E-state index >= 15 is 0 Å². The van der Waals surface area contributed by atoms with Crippen molar-refractivity contribution >= 4 is 0 Å². The van der Waals surface area contributed by atoms with E-state index in [9.17, 15) is 65.9 Å². The number of ether oxygens (including phenoxy) is 1. The molecule has 0 aromatic heterocycles. The lowest BCUT2D eigenvalue weighted by atomic mass is 10.2. The molecule has 17 heteroatoms. The Morgan fingerprint density at radius 2 is 0.962 bits per heavy atom. The first kappa shape index (κ1) is 24.9. The van der Waals surface area contributed by atoms with Crippen molar-refractivity contribution in [1.29, 1.82) is 0 Å². The lowest BCUT2D eigenvalue weighted by Gasteiger charge is -2.33. The SMILES string of the molecule is FC(N(C(F)(F)F)C(F)(F)F)C(F)(F)COCC(F)(F)C(F)C(F)(F)F. The molecule has 0 radical (unpaired) electrons. The maximum absolute atomic E-state index is 13.0. The minimum Gasteiger partial charge on any atom is -0.369 e. The normalized spacial score (nSPS) is 17.5. The van der Waals surface area contributed by atoms with Crippen LogP contribution in [0.3, 0.4) is 0 Å². The van der Waals surface area contributed by atoms with Gasteiger partial charge in [-0.3, -0.25) is 0 Å². The fourth-order valence-electron chi connectivity index (χ4n) is 1.29. The number of hydrogen-bond acceptors (Lipinski definition) is 2. The third-order valence-electron chi connectivity index (χ3n) is 2.37. The lowest BCUT2D eigenvalue weighted by molar-refractivity contribution is -0.415. The van der Waals surface area contributed by atoms with Gasteiger partial charge < -0.3 is 4.74 Å². The highest BCUT2D eigenvalue weighted by Gasteiger charge is 2.64. The average Bonchev–Trinajstić information content (AvgIpc) is 2.32. The fraction of sp³-hybridized carbons (Fsp3) is 1.00. The van der Waals surface area contributed by atoms with E-state index in [2.05, 4.69) is 4.74 Å². The molecule has 2 atom stereocenters. The molecule has 0 N–H and O–H groups in total. The van der Waals surface area contributed by atoms with Crippen molar-refractivity contribution in [2.75, 3.05) is 13.2 Å². The number of hydrogen-bond donors (Lipinski definition) is 0. The van der Waals surface area contributed by atoms with E-state index in [0.29, 0.717) is 0 Å². The Balaban J connectivity index is 5.14. The number of alkyl halides is 15. The Hall–Kier alpha value is -1.13. The molecular weight excluding hydrogens is 423 g/mol. The van der Waals surface area contributed by atoms with Gasteiger partial charge in [-0.15, -0.1) is 0 Å². The largest absolute Gasteiger partial charge is 0.469 e. The molecule has 0 heterocycles. The molecule has 0 bridgehead atoms. The molecule has 0 fully saturated rings. The Labute approximate surface area is 133 Å². The zero-order valence-corrected chi connectivity index (χ0v) is 11.6. The van der Waals surface area contributed by atoms with Gasteiger partial charge in [0, 0.05) is 0 Å². The molecule has 0 aliphatic carbocycles. The smallest absolute Gasteiger partial charge is 0.369 e. The summed E-state index contributed by atoms with van der Waals surface area (Å²) in [7, 11) is 0. The standard InChI is InChI=1S/C9H6F15NO/c10-3(7(16,17)18)5(12,13)1-26-2-6(14,15)4(11)25(8(19,20)21)9(22,23)24/h3-4H,1-2H2. The zero-order chi connectivity index (χ0) is 21.4. The second-order valence-electron chi connectivity index (χ2n) is 4.56. The lowest BCUT2D eigenvalue weighted by Crippen LogP contribution is -2.59. The molecule has 0 aromatic rings. The van der Waals surface area contributed by atoms with Gasteiger partial charge in [0.15, 0.2) is 0 Å². The van der Waals surface area contributed by atoms with E-state index in [0.717, 1.165) is 0 Å². The van der Waals surface area contributed by atoms with Crippen LogP contribution in [0.4, 0.5) is 65.9 Å². The molecule has 0 aromatic carbocycles.